The van der Waals surface area contributed by atoms with Gasteiger partial charge in [0.1, 0.15) is 5.69 Å². The van der Waals surface area contributed by atoms with E-state index in [1.165, 1.54) is 25.7 Å². The molecule has 5 heteroatoms. The van der Waals surface area contributed by atoms with Gasteiger partial charge in [0, 0.05) is 25.3 Å². The van der Waals surface area contributed by atoms with Crippen molar-refractivity contribution in [2.75, 3.05) is 18.4 Å². The van der Waals surface area contributed by atoms with Crippen molar-refractivity contribution in [1.82, 2.24) is 14.9 Å². The fourth-order valence-corrected chi connectivity index (χ4v) is 2.88. The van der Waals surface area contributed by atoms with Gasteiger partial charge in [-0.05, 0) is 31.7 Å². The van der Waals surface area contributed by atoms with Gasteiger partial charge in [-0.1, -0.05) is 12.8 Å². The maximum absolute atomic E-state index is 12.2. The molecule has 1 aliphatic heterocycles. The van der Waals surface area contributed by atoms with E-state index in [1.807, 2.05) is 4.90 Å². The Morgan fingerprint density at radius 2 is 1.95 bits per heavy atom. The lowest BCUT2D eigenvalue weighted by molar-refractivity contribution is 0.0787. The number of nitrogens with one attached hydrogen (secondary N) is 1. The number of aromatic nitrogens is 2. The highest BCUT2D eigenvalue weighted by molar-refractivity contribution is 5.92. The monoisotopic (exact) mass is 260 g/mol. The van der Waals surface area contributed by atoms with Crippen LogP contribution in [-0.2, 0) is 0 Å². The van der Waals surface area contributed by atoms with E-state index in [1.54, 1.807) is 12.3 Å². The van der Waals surface area contributed by atoms with E-state index in [9.17, 15) is 4.79 Å². The van der Waals surface area contributed by atoms with Crippen molar-refractivity contribution in [2.24, 2.45) is 0 Å². The average Bonchev–Trinajstić information content (AvgIpc) is 3.11. The summed E-state index contributed by atoms with van der Waals surface area (Å²) in [6, 6.07) is 2.18. The predicted octanol–water partition coefficient (Wildman–Crippen LogP) is 2.07. The molecule has 1 aromatic rings. The van der Waals surface area contributed by atoms with Crippen LogP contribution in [0.1, 0.15) is 49.0 Å². The standard InChI is InChI=1S/C14H20N4O/c19-13(18-9-3-4-10-18)12-7-8-15-14(17-12)16-11-5-1-2-6-11/h7-8,11H,1-6,9-10H2,(H,15,16,17). The molecular weight excluding hydrogens is 240 g/mol. The first kappa shape index (κ1) is 12.4. The van der Waals surface area contributed by atoms with Crippen LogP contribution in [-0.4, -0.2) is 39.9 Å². The maximum Gasteiger partial charge on any atom is 0.272 e. The number of nitrogens with zero attached hydrogens (tertiary/aromatic N) is 3. The number of hydrogen-bond donors (Lipinski definition) is 1. The van der Waals surface area contributed by atoms with Crippen molar-refractivity contribution < 1.29 is 4.79 Å². The second-order valence-electron chi connectivity index (χ2n) is 5.39. The van der Waals surface area contributed by atoms with Crippen LogP contribution < -0.4 is 5.32 Å². The molecule has 19 heavy (non-hydrogen) atoms. The lowest BCUT2D eigenvalue weighted by atomic mass is 10.2. The molecule has 1 aromatic heterocycles. The van der Waals surface area contributed by atoms with Gasteiger partial charge in [-0.25, -0.2) is 9.97 Å². The van der Waals surface area contributed by atoms with E-state index in [-0.39, 0.29) is 5.91 Å². The predicted molar refractivity (Wildman–Crippen MR) is 73.0 cm³/mol. The molecule has 1 saturated heterocycles. The molecule has 2 fully saturated rings. The molecule has 1 saturated carbocycles. The minimum Gasteiger partial charge on any atom is -0.351 e. The van der Waals surface area contributed by atoms with Gasteiger partial charge in [-0.2, -0.15) is 0 Å². The van der Waals surface area contributed by atoms with Crippen molar-refractivity contribution in [3.8, 4) is 0 Å². The summed E-state index contributed by atoms with van der Waals surface area (Å²) in [4.78, 5) is 22.7. The zero-order valence-corrected chi connectivity index (χ0v) is 11.1. The number of rotatable bonds is 3. The number of amides is 1. The fourth-order valence-electron chi connectivity index (χ4n) is 2.88. The third-order valence-electron chi connectivity index (χ3n) is 3.96. The van der Waals surface area contributed by atoms with Crippen molar-refractivity contribution in [1.29, 1.82) is 0 Å². The summed E-state index contributed by atoms with van der Waals surface area (Å²) in [7, 11) is 0. The molecule has 2 aliphatic rings. The molecule has 0 radical (unpaired) electrons. The largest absolute Gasteiger partial charge is 0.351 e. The van der Waals surface area contributed by atoms with Crippen LogP contribution in [0.5, 0.6) is 0 Å². The Bertz CT molecular complexity index is 451. The van der Waals surface area contributed by atoms with Crippen molar-refractivity contribution in [2.45, 2.75) is 44.6 Å². The Labute approximate surface area is 113 Å². The summed E-state index contributed by atoms with van der Waals surface area (Å²) in [5, 5.41) is 3.33. The number of likely N-dealkylation sites (tertiary alicyclic amines) is 1. The van der Waals surface area contributed by atoms with E-state index < -0.39 is 0 Å². The first-order chi connectivity index (χ1) is 9.33. The van der Waals surface area contributed by atoms with Crippen LogP contribution >= 0.6 is 0 Å². The third-order valence-corrected chi connectivity index (χ3v) is 3.96. The van der Waals surface area contributed by atoms with E-state index in [2.05, 4.69) is 15.3 Å². The maximum atomic E-state index is 12.2. The van der Waals surface area contributed by atoms with E-state index in [0.717, 1.165) is 25.9 Å². The fraction of sp³-hybridized carbons (Fsp3) is 0.643. The van der Waals surface area contributed by atoms with Gasteiger partial charge >= 0.3 is 0 Å². The van der Waals surface area contributed by atoms with E-state index in [0.29, 0.717) is 17.7 Å². The van der Waals surface area contributed by atoms with Gasteiger partial charge in [0.05, 0.1) is 0 Å². The van der Waals surface area contributed by atoms with Gasteiger partial charge in [0.15, 0.2) is 0 Å². The molecule has 0 bridgehead atoms. The Balaban J connectivity index is 1.69. The molecule has 1 aliphatic carbocycles. The van der Waals surface area contributed by atoms with Gasteiger partial charge in [-0.15, -0.1) is 0 Å². The Hall–Kier alpha value is -1.65. The lowest BCUT2D eigenvalue weighted by Crippen LogP contribution is -2.29. The van der Waals surface area contributed by atoms with Gasteiger partial charge < -0.3 is 10.2 Å². The SMILES string of the molecule is O=C(c1ccnc(NC2CCCC2)n1)N1CCCC1. The first-order valence-electron chi connectivity index (χ1n) is 7.22. The zero-order chi connectivity index (χ0) is 13.1. The highest BCUT2D eigenvalue weighted by Crippen LogP contribution is 2.21. The summed E-state index contributed by atoms with van der Waals surface area (Å²) in [5.74, 6) is 0.631. The number of carbonyl (C=O) groups is 1. The number of carbonyl (C=O) groups excluding carboxylic acids is 1. The minimum atomic E-state index is 0.0365. The Morgan fingerprint density at radius 3 is 2.68 bits per heavy atom. The molecule has 3 rings (SSSR count). The molecule has 1 amide bonds. The Morgan fingerprint density at radius 1 is 1.21 bits per heavy atom. The summed E-state index contributed by atoms with van der Waals surface area (Å²) in [6.45, 7) is 1.71. The average molecular weight is 260 g/mol. The minimum absolute atomic E-state index is 0.0365. The van der Waals surface area contributed by atoms with Crippen LogP contribution in [0.2, 0.25) is 0 Å². The molecule has 0 atom stereocenters. The van der Waals surface area contributed by atoms with Crippen LogP contribution in [0.15, 0.2) is 12.3 Å². The summed E-state index contributed by atoms with van der Waals surface area (Å²) < 4.78 is 0. The zero-order valence-electron chi connectivity index (χ0n) is 11.1. The molecule has 5 nitrogen and oxygen atoms in total. The van der Waals surface area contributed by atoms with E-state index >= 15 is 0 Å². The van der Waals surface area contributed by atoms with E-state index in [4.69, 9.17) is 0 Å². The summed E-state index contributed by atoms with van der Waals surface area (Å²) in [6.07, 6.45) is 8.76. The third kappa shape index (κ3) is 2.85. The van der Waals surface area contributed by atoms with Crippen LogP contribution in [0.25, 0.3) is 0 Å². The molecule has 0 unspecified atom stereocenters. The topological polar surface area (TPSA) is 58.1 Å². The smallest absolute Gasteiger partial charge is 0.272 e. The lowest BCUT2D eigenvalue weighted by Gasteiger charge is -2.16. The second kappa shape index (κ2) is 5.55. The van der Waals surface area contributed by atoms with Crippen LogP contribution in [0, 0.1) is 0 Å². The highest BCUT2D eigenvalue weighted by atomic mass is 16.2. The molecule has 0 spiro atoms. The number of anilines is 1. The van der Waals surface area contributed by atoms with Crippen molar-refractivity contribution in [3.05, 3.63) is 18.0 Å². The summed E-state index contributed by atoms with van der Waals surface area (Å²) in [5.41, 5.74) is 0.511. The van der Waals surface area contributed by atoms with Gasteiger partial charge in [0.2, 0.25) is 5.95 Å². The van der Waals surface area contributed by atoms with Crippen molar-refractivity contribution >= 4 is 11.9 Å². The first-order valence-corrected chi connectivity index (χ1v) is 7.22. The number of hydrogen-bond acceptors (Lipinski definition) is 4. The molecule has 2 heterocycles. The van der Waals surface area contributed by atoms with Crippen molar-refractivity contribution in [3.63, 3.8) is 0 Å². The quantitative estimate of drug-likeness (QED) is 0.904. The second-order valence-corrected chi connectivity index (χ2v) is 5.39. The van der Waals surface area contributed by atoms with Crippen LogP contribution in [0.3, 0.4) is 0 Å². The van der Waals surface area contributed by atoms with Gasteiger partial charge in [-0.3, -0.25) is 4.79 Å². The summed E-state index contributed by atoms with van der Waals surface area (Å²) >= 11 is 0. The molecular formula is C14H20N4O. The normalized spacial score (nSPS) is 19.9. The highest BCUT2D eigenvalue weighted by Gasteiger charge is 2.21. The van der Waals surface area contributed by atoms with Gasteiger partial charge in [0.25, 0.3) is 5.91 Å². The molecule has 1 N–H and O–H groups in total. The molecule has 102 valence electrons. The Kier molecular flexibility index (Phi) is 3.62. The molecule has 0 aromatic carbocycles. The van der Waals surface area contributed by atoms with Crippen LogP contribution in [0.4, 0.5) is 5.95 Å².